The number of aromatic nitrogens is 2. The van der Waals surface area contributed by atoms with Gasteiger partial charge in [-0.15, -0.1) is 0 Å². The Morgan fingerprint density at radius 3 is 2.56 bits per heavy atom. The van der Waals surface area contributed by atoms with Crippen LogP contribution in [0.3, 0.4) is 0 Å². The molecule has 1 amide bonds. The Kier molecular flexibility index (Phi) is 6.39. The molecule has 0 spiro atoms. The number of carbonyl (C=O) groups excluding carboxylic acids is 1. The molecule has 32 heavy (non-hydrogen) atoms. The number of benzene rings is 1. The second-order valence-electron chi connectivity index (χ2n) is 9.06. The highest BCUT2D eigenvalue weighted by Crippen LogP contribution is 2.28. The SMILES string of the molecule is O=C(C1CCCCC1)N(CCN1CCN(c2c[nH]c3ccccc23)CC1)c1ccccn1. The molecular weight excluding hydrogens is 398 g/mol. The number of fused-ring (bicyclic) bond motifs is 1. The molecule has 1 N–H and O–H groups in total. The summed E-state index contributed by atoms with van der Waals surface area (Å²) in [6.07, 6.45) is 9.55. The van der Waals surface area contributed by atoms with E-state index in [-0.39, 0.29) is 11.8 Å². The molecule has 168 valence electrons. The van der Waals surface area contributed by atoms with Crippen LogP contribution in [-0.2, 0) is 4.79 Å². The van der Waals surface area contributed by atoms with Crippen molar-refractivity contribution in [2.45, 2.75) is 32.1 Å². The highest BCUT2D eigenvalue weighted by molar-refractivity contribution is 5.94. The summed E-state index contributed by atoms with van der Waals surface area (Å²) in [5.41, 5.74) is 2.49. The Morgan fingerprint density at radius 2 is 1.78 bits per heavy atom. The first-order valence-electron chi connectivity index (χ1n) is 12.1. The van der Waals surface area contributed by atoms with Crippen LogP contribution in [0.1, 0.15) is 32.1 Å². The number of hydrogen-bond donors (Lipinski definition) is 1. The minimum absolute atomic E-state index is 0.157. The van der Waals surface area contributed by atoms with Crippen molar-refractivity contribution in [3.05, 3.63) is 54.9 Å². The summed E-state index contributed by atoms with van der Waals surface area (Å²) < 4.78 is 0. The van der Waals surface area contributed by atoms with Gasteiger partial charge in [0.2, 0.25) is 5.91 Å². The van der Waals surface area contributed by atoms with Crippen molar-refractivity contribution in [3.63, 3.8) is 0 Å². The maximum Gasteiger partial charge on any atom is 0.231 e. The van der Waals surface area contributed by atoms with Crippen molar-refractivity contribution in [1.29, 1.82) is 0 Å². The first-order chi connectivity index (χ1) is 15.8. The molecule has 6 nitrogen and oxygen atoms in total. The molecule has 1 saturated heterocycles. The zero-order chi connectivity index (χ0) is 21.8. The van der Waals surface area contributed by atoms with Crippen molar-refractivity contribution in [3.8, 4) is 0 Å². The fraction of sp³-hybridized carbons (Fsp3) is 0.462. The van der Waals surface area contributed by atoms with Gasteiger partial charge in [-0.2, -0.15) is 0 Å². The van der Waals surface area contributed by atoms with Gasteiger partial charge in [0.15, 0.2) is 0 Å². The molecule has 0 bridgehead atoms. The Labute approximate surface area is 190 Å². The lowest BCUT2D eigenvalue weighted by Crippen LogP contribution is -2.49. The van der Waals surface area contributed by atoms with E-state index in [2.05, 4.69) is 50.2 Å². The highest BCUT2D eigenvalue weighted by atomic mass is 16.2. The van der Waals surface area contributed by atoms with Crippen LogP contribution in [-0.4, -0.2) is 60.0 Å². The molecule has 3 aromatic rings. The van der Waals surface area contributed by atoms with Crippen LogP contribution in [0.2, 0.25) is 0 Å². The molecule has 1 aliphatic heterocycles. The van der Waals surface area contributed by atoms with E-state index in [1.165, 1.54) is 35.9 Å². The van der Waals surface area contributed by atoms with Gasteiger partial charge in [-0.25, -0.2) is 4.98 Å². The number of hydrogen-bond acceptors (Lipinski definition) is 4. The fourth-order valence-electron chi connectivity index (χ4n) is 5.19. The second-order valence-corrected chi connectivity index (χ2v) is 9.06. The van der Waals surface area contributed by atoms with E-state index in [0.717, 1.165) is 51.4 Å². The largest absolute Gasteiger partial charge is 0.367 e. The monoisotopic (exact) mass is 431 g/mol. The third kappa shape index (κ3) is 4.51. The van der Waals surface area contributed by atoms with Gasteiger partial charge in [-0.1, -0.05) is 43.5 Å². The van der Waals surface area contributed by atoms with Crippen molar-refractivity contribution in [1.82, 2.24) is 14.9 Å². The average Bonchev–Trinajstić information content (AvgIpc) is 3.30. The van der Waals surface area contributed by atoms with Crippen molar-refractivity contribution < 1.29 is 4.79 Å². The maximum absolute atomic E-state index is 13.4. The number of nitrogens with one attached hydrogen (secondary N) is 1. The molecule has 1 saturated carbocycles. The summed E-state index contributed by atoms with van der Waals surface area (Å²) in [5, 5.41) is 1.29. The van der Waals surface area contributed by atoms with Crippen LogP contribution in [0.5, 0.6) is 0 Å². The molecular formula is C26H33N5O. The summed E-state index contributed by atoms with van der Waals surface area (Å²) in [6.45, 7) is 5.61. The van der Waals surface area contributed by atoms with Gasteiger partial charge in [0, 0.05) is 68.5 Å². The minimum Gasteiger partial charge on any atom is -0.367 e. The normalized spacial score (nSPS) is 18.2. The highest BCUT2D eigenvalue weighted by Gasteiger charge is 2.28. The molecule has 2 aromatic heterocycles. The van der Waals surface area contributed by atoms with Gasteiger partial charge in [0.25, 0.3) is 0 Å². The van der Waals surface area contributed by atoms with Gasteiger partial charge in [0.05, 0.1) is 5.69 Å². The first kappa shape index (κ1) is 21.0. The molecule has 2 fully saturated rings. The maximum atomic E-state index is 13.4. The summed E-state index contributed by atoms with van der Waals surface area (Å²) in [4.78, 5) is 28.2. The van der Waals surface area contributed by atoms with Crippen LogP contribution in [0, 0.1) is 5.92 Å². The third-order valence-electron chi connectivity index (χ3n) is 7.07. The van der Waals surface area contributed by atoms with Crippen LogP contribution in [0.4, 0.5) is 11.5 Å². The molecule has 5 rings (SSSR count). The topological polar surface area (TPSA) is 55.5 Å². The van der Waals surface area contributed by atoms with E-state index in [0.29, 0.717) is 6.54 Å². The molecule has 2 aliphatic rings. The summed E-state index contributed by atoms with van der Waals surface area (Å²) in [6, 6.07) is 14.4. The Hall–Kier alpha value is -2.86. The van der Waals surface area contributed by atoms with E-state index in [1.54, 1.807) is 6.20 Å². The molecule has 0 radical (unpaired) electrons. The van der Waals surface area contributed by atoms with E-state index in [1.807, 2.05) is 23.1 Å². The number of amides is 1. The van der Waals surface area contributed by atoms with Gasteiger partial charge < -0.3 is 9.88 Å². The number of nitrogens with zero attached hydrogens (tertiary/aromatic N) is 4. The lowest BCUT2D eigenvalue weighted by molar-refractivity contribution is -0.123. The number of anilines is 2. The van der Waals surface area contributed by atoms with Crippen LogP contribution in [0.15, 0.2) is 54.9 Å². The quantitative estimate of drug-likeness (QED) is 0.632. The predicted molar refractivity (Wildman–Crippen MR) is 130 cm³/mol. The molecule has 1 aromatic carbocycles. The van der Waals surface area contributed by atoms with Gasteiger partial charge in [-0.3, -0.25) is 14.6 Å². The number of H-pyrrole nitrogens is 1. The lowest BCUT2D eigenvalue weighted by atomic mass is 9.88. The summed E-state index contributed by atoms with van der Waals surface area (Å²) in [7, 11) is 0. The summed E-state index contributed by atoms with van der Waals surface area (Å²) in [5.74, 6) is 1.21. The molecule has 3 heterocycles. The van der Waals surface area contributed by atoms with Crippen LogP contribution < -0.4 is 9.80 Å². The Balaban J connectivity index is 1.21. The van der Waals surface area contributed by atoms with Gasteiger partial charge in [-0.05, 0) is 31.0 Å². The van der Waals surface area contributed by atoms with E-state index in [9.17, 15) is 4.79 Å². The minimum atomic E-state index is 0.157. The van der Waals surface area contributed by atoms with Crippen molar-refractivity contribution in [2.75, 3.05) is 49.1 Å². The third-order valence-corrected chi connectivity index (χ3v) is 7.07. The molecule has 0 unspecified atom stereocenters. The van der Waals surface area contributed by atoms with E-state index >= 15 is 0 Å². The zero-order valence-corrected chi connectivity index (χ0v) is 18.7. The Bertz CT molecular complexity index is 1020. The molecule has 6 heteroatoms. The predicted octanol–water partition coefficient (Wildman–Crippen LogP) is 4.30. The van der Waals surface area contributed by atoms with Crippen molar-refractivity contribution >= 4 is 28.3 Å². The van der Waals surface area contributed by atoms with Crippen LogP contribution >= 0.6 is 0 Å². The van der Waals surface area contributed by atoms with E-state index < -0.39 is 0 Å². The number of piperazine rings is 1. The Morgan fingerprint density at radius 1 is 1.00 bits per heavy atom. The van der Waals surface area contributed by atoms with Crippen molar-refractivity contribution in [2.24, 2.45) is 5.92 Å². The second kappa shape index (κ2) is 9.74. The summed E-state index contributed by atoms with van der Waals surface area (Å²) >= 11 is 0. The number of rotatable bonds is 6. The number of pyridine rings is 1. The number of para-hydroxylation sites is 1. The van der Waals surface area contributed by atoms with Gasteiger partial charge >= 0.3 is 0 Å². The van der Waals surface area contributed by atoms with Crippen LogP contribution in [0.25, 0.3) is 10.9 Å². The van der Waals surface area contributed by atoms with E-state index in [4.69, 9.17) is 0 Å². The number of carbonyl (C=O) groups is 1. The molecule has 1 aliphatic carbocycles. The smallest absolute Gasteiger partial charge is 0.231 e. The standard InChI is InChI=1S/C26H33N5O/c32-26(21-8-2-1-3-9-21)31(25-12-6-7-13-27-25)19-16-29-14-17-30(18-15-29)24-20-28-23-11-5-4-10-22(23)24/h4-7,10-13,20-21,28H,1-3,8-9,14-19H2. The molecule has 0 atom stereocenters. The first-order valence-corrected chi connectivity index (χ1v) is 12.1. The lowest BCUT2D eigenvalue weighted by Gasteiger charge is -2.37. The van der Waals surface area contributed by atoms with Gasteiger partial charge in [0.1, 0.15) is 5.82 Å². The average molecular weight is 432 g/mol. The zero-order valence-electron chi connectivity index (χ0n) is 18.7. The number of aromatic amines is 1. The fourth-order valence-corrected chi connectivity index (χ4v) is 5.19.